The fraction of sp³-hybridized carbons (Fsp3) is 0.417. The van der Waals surface area contributed by atoms with Gasteiger partial charge in [0, 0.05) is 6.04 Å². The van der Waals surface area contributed by atoms with Gasteiger partial charge in [0.2, 0.25) is 0 Å². The van der Waals surface area contributed by atoms with Crippen molar-refractivity contribution in [2.24, 2.45) is 0 Å². The Morgan fingerprint density at radius 3 is 2.75 bits per heavy atom. The first kappa shape index (κ1) is 10.8. The Bertz CT molecular complexity index is 399. The minimum absolute atomic E-state index is 0.280. The van der Waals surface area contributed by atoms with Crippen molar-refractivity contribution in [3.05, 3.63) is 23.8 Å². The van der Waals surface area contributed by atoms with Crippen molar-refractivity contribution < 1.29 is 14.6 Å². The number of carbonyl (C=O) groups is 1. The smallest absolute Gasteiger partial charge is 0.335 e. The minimum atomic E-state index is -0.917. The quantitative estimate of drug-likeness (QED) is 0.819. The molecule has 1 fully saturated rings. The molecule has 16 heavy (non-hydrogen) atoms. The van der Waals surface area contributed by atoms with E-state index >= 15 is 0 Å². The zero-order valence-electron chi connectivity index (χ0n) is 9.19. The summed E-state index contributed by atoms with van der Waals surface area (Å²) in [6.07, 6.45) is 3.51. The molecule has 4 heteroatoms. The highest BCUT2D eigenvalue weighted by molar-refractivity contribution is 5.89. The molecule has 0 aliphatic heterocycles. The molecule has 0 bridgehead atoms. The lowest BCUT2D eigenvalue weighted by Crippen LogP contribution is -2.27. The lowest BCUT2D eigenvalue weighted by molar-refractivity contribution is 0.0697. The molecule has 0 unspecified atom stereocenters. The third-order valence-corrected chi connectivity index (χ3v) is 2.91. The highest BCUT2D eigenvalue weighted by Crippen LogP contribution is 2.30. The van der Waals surface area contributed by atoms with Crippen molar-refractivity contribution in [1.29, 1.82) is 0 Å². The molecule has 1 aliphatic carbocycles. The Labute approximate surface area is 94.2 Å². The molecular formula is C12H15NO3. The van der Waals surface area contributed by atoms with Gasteiger partial charge in [-0.05, 0) is 37.5 Å². The number of ether oxygens (including phenoxy) is 1. The molecule has 0 saturated heterocycles. The van der Waals surface area contributed by atoms with Crippen molar-refractivity contribution in [1.82, 2.24) is 0 Å². The number of nitrogens with one attached hydrogen (secondary N) is 1. The van der Waals surface area contributed by atoms with Gasteiger partial charge in [-0.3, -0.25) is 0 Å². The number of anilines is 1. The summed E-state index contributed by atoms with van der Waals surface area (Å²) < 4.78 is 5.19. The first-order valence-electron chi connectivity index (χ1n) is 5.38. The summed E-state index contributed by atoms with van der Waals surface area (Å²) in [5.74, 6) is -0.226. The Morgan fingerprint density at radius 2 is 2.25 bits per heavy atom. The van der Waals surface area contributed by atoms with Crippen molar-refractivity contribution >= 4 is 11.7 Å². The molecule has 1 aromatic carbocycles. The second-order valence-corrected chi connectivity index (χ2v) is 3.99. The first-order valence-corrected chi connectivity index (χ1v) is 5.38. The summed E-state index contributed by atoms with van der Waals surface area (Å²) in [7, 11) is 1.59. The second-order valence-electron chi connectivity index (χ2n) is 3.99. The van der Waals surface area contributed by atoms with Crippen LogP contribution >= 0.6 is 0 Å². The van der Waals surface area contributed by atoms with Crippen molar-refractivity contribution in [2.45, 2.75) is 25.3 Å². The lowest BCUT2D eigenvalue weighted by Gasteiger charge is -2.28. The monoisotopic (exact) mass is 221 g/mol. The Kier molecular flexibility index (Phi) is 2.99. The number of carboxylic acid groups (broad SMARTS) is 1. The van der Waals surface area contributed by atoms with E-state index in [0.717, 1.165) is 18.5 Å². The predicted molar refractivity (Wildman–Crippen MR) is 61.2 cm³/mol. The van der Waals surface area contributed by atoms with E-state index in [1.807, 2.05) is 0 Å². The summed E-state index contributed by atoms with van der Waals surface area (Å²) in [4.78, 5) is 10.9. The Morgan fingerprint density at radius 1 is 1.50 bits per heavy atom. The van der Waals surface area contributed by atoms with Gasteiger partial charge in [-0.2, -0.15) is 0 Å². The fourth-order valence-corrected chi connectivity index (χ4v) is 1.73. The molecular weight excluding hydrogens is 206 g/mol. The highest BCUT2D eigenvalue weighted by Gasteiger charge is 2.19. The third-order valence-electron chi connectivity index (χ3n) is 2.91. The Balaban J connectivity index is 2.23. The number of hydrogen-bond donors (Lipinski definition) is 2. The van der Waals surface area contributed by atoms with E-state index in [4.69, 9.17) is 9.84 Å². The number of hydrogen-bond acceptors (Lipinski definition) is 3. The van der Waals surface area contributed by atoms with Crippen LogP contribution in [-0.2, 0) is 0 Å². The standard InChI is InChI=1S/C12H15NO3/c1-16-11-6-5-8(12(14)15)7-10(11)13-9-3-2-4-9/h5-7,9,13H,2-4H2,1H3,(H,14,15). The maximum Gasteiger partial charge on any atom is 0.335 e. The molecule has 0 aromatic heterocycles. The van der Waals surface area contributed by atoms with Crippen LogP contribution in [0.5, 0.6) is 5.75 Å². The number of aromatic carboxylic acids is 1. The van der Waals surface area contributed by atoms with E-state index in [1.54, 1.807) is 25.3 Å². The molecule has 2 N–H and O–H groups in total. The molecule has 0 atom stereocenters. The van der Waals surface area contributed by atoms with Gasteiger partial charge in [-0.15, -0.1) is 0 Å². The van der Waals surface area contributed by atoms with E-state index in [9.17, 15) is 4.79 Å². The second kappa shape index (κ2) is 4.43. The maximum atomic E-state index is 10.9. The van der Waals surface area contributed by atoms with Crippen molar-refractivity contribution in [3.63, 3.8) is 0 Å². The zero-order valence-corrected chi connectivity index (χ0v) is 9.19. The molecule has 0 amide bonds. The molecule has 1 aromatic rings. The van der Waals surface area contributed by atoms with Crippen LogP contribution in [0, 0.1) is 0 Å². The van der Waals surface area contributed by atoms with Crippen LogP contribution in [0.1, 0.15) is 29.6 Å². The Hall–Kier alpha value is -1.71. The number of methoxy groups -OCH3 is 1. The first-order chi connectivity index (χ1) is 7.70. The van der Waals surface area contributed by atoms with E-state index in [2.05, 4.69) is 5.32 Å². The predicted octanol–water partition coefficient (Wildman–Crippen LogP) is 2.36. The molecule has 1 saturated carbocycles. The van der Waals surface area contributed by atoms with Gasteiger partial charge in [-0.1, -0.05) is 0 Å². The average Bonchev–Trinajstić information content (AvgIpc) is 2.23. The van der Waals surface area contributed by atoms with Crippen LogP contribution in [0.25, 0.3) is 0 Å². The largest absolute Gasteiger partial charge is 0.495 e. The third kappa shape index (κ3) is 2.10. The van der Waals surface area contributed by atoms with Gasteiger partial charge < -0.3 is 15.2 Å². The molecule has 1 aliphatic rings. The minimum Gasteiger partial charge on any atom is -0.495 e. The lowest BCUT2D eigenvalue weighted by atomic mass is 9.93. The summed E-state index contributed by atoms with van der Waals surface area (Å²) >= 11 is 0. The molecule has 86 valence electrons. The fourth-order valence-electron chi connectivity index (χ4n) is 1.73. The number of carboxylic acids is 1. The van der Waals surface area contributed by atoms with Crippen molar-refractivity contribution in [2.75, 3.05) is 12.4 Å². The van der Waals surface area contributed by atoms with Gasteiger partial charge in [0.1, 0.15) is 5.75 Å². The van der Waals surface area contributed by atoms with Crippen LogP contribution in [0.4, 0.5) is 5.69 Å². The van der Waals surface area contributed by atoms with Gasteiger partial charge in [0.25, 0.3) is 0 Å². The van der Waals surface area contributed by atoms with Crippen LogP contribution in [-0.4, -0.2) is 24.2 Å². The highest BCUT2D eigenvalue weighted by atomic mass is 16.5. The SMILES string of the molecule is COc1ccc(C(=O)O)cc1NC1CCC1. The molecule has 0 heterocycles. The van der Waals surface area contributed by atoms with Gasteiger partial charge in [-0.25, -0.2) is 4.79 Å². The number of benzene rings is 1. The van der Waals surface area contributed by atoms with Crippen LogP contribution in [0.15, 0.2) is 18.2 Å². The zero-order chi connectivity index (χ0) is 11.5. The van der Waals surface area contributed by atoms with E-state index in [-0.39, 0.29) is 5.56 Å². The summed E-state index contributed by atoms with van der Waals surface area (Å²) in [5, 5.41) is 12.2. The van der Waals surface area contributed by atoms with Crippen LogP contribution in [0.3, 0.4) is 0 Å². The van der Waals surface area contributed by atoms with E-state index in [0.29, 0.717) is 11.8 Å². The topological polar surface area (TPSA) is 58.6 Å². The van der Waals surface area contributed by atoms with Gasteiger partial charge in [0.15, 0.2) is 0 Å². The number of rotatable bonds is 4. The maximum absolute atomic E-state index is 10.9. The van der Waals surface area contributed by atoms with Crippen molar-refractivity contribution in [3.8, 4) is 5.75 Å². The van der Waals surface area contributed by atoms with Gasteiger partial charge in [0.05, 0.1) is 18.4 Å². The van der Waals surface area contributed by atoms with Crippen LogP contribution in [0.2, 0.25) is 0 Å². The summed E-state index contributed by atoms with van der Waals surface area (Å²) in [5.41, 5.74) is 1.05. The summed E-state index contributed by atoms with van der Waals surface area (Å²) in [6, 6.07) is 5.31. The van der Waals surface area contributed by atoms with Crippen LogP contribution < -0.4 is 10.1 Å². The molecule has 4 nitrogen and oxygen atoms in total. The van der Waals surface area contributed by atoms with E-state index in [1.165, 1.54) is 6.42 Å². The molecule has 0 radical (unpaired) electrons. The normalized spacial score (nSPS) is 15.3. The average molecular weight is 221 g/mol. The summed E-state index contributed by atoms with van der Waals surface area (Å²) in [6.45, 7) is 0. The van der Waals surface area contributed by atoms with E-state index < -0.39 is 5.97 Å². The van der Waals surface area contributed by atoms with Gasteiger partial charge >= 0.3 is 5.97 Å². The molecule has 0 spiro atoms. The molecule has 2 rings (SSSR count).